The fourth-order valence-electron chi connectivity index (χ4n) is 2.36. The van der Waals surface area contributed by atoms with Crippen LogP contribution in [0.15, 0.2) is 34.2 Å². The topological polar surface area (TPSA) is 93.3 Å². The van der Waals surface area contributed by atoms with Crippen LogP contribution in [0.5, 0.6) is 11.5 Å². The lowest BCUT2D eigenvalue weighted by molar-refractivity contribution is -0.115. The molecule has 25 heavy (non-hydrogen) atoms. The van der Waals surface area contributed by atoms with Crippen LogP contribution in [-0.2, 0) is 11.2 Å². The molecule has 0 bridgehead atoms. The van der Waals surface area contributed by atoms with Gasteiger partial charge in [0.2, 0.25) is 12.7 Å². The van der Waals surface area contributed by atoms with Crippen molar-refractivity contribution in [1.82, 2.24) is 9.97 Å². The Hall–Kier alpha value is -2.48. The number of hydrogen-bond acceptors (Lipinski definition) is 6. The molecule has 1 amide bonds. The number of H-pyrrole nitrogens is 1. The van der Waals surface area contributed by atoms with E-state index in [0.717, 1.165) is 18.5 Å². The van der Waals surface area contributed by atoms with Crippen LogP contribution in [0.1, 0.15) is 26.0 Å². The molecule has 0 fully saturated rings. The van der Waals surface area contributed by atoms with Crippen molar-refractivity contribution in [2.45, 2.75) is 37.1 Å². The van der Waals surface area contributed by atoms with Crippen LogP contribution in [0.4, 0.5) is 5.69 Å². The van der Waals surface area contributed by atoms with E-state index in [1.807, 2.05) is 6.92 Å². The van der Waals surface area contributed by atoms with Gasteiger partial charge in [0, 0.05) is 23.5 Å². The minimum atomic E-state index is -0.426. The van der Waals surface area contributed by atoms with Crippen molar-refractivity contribution in [2.24, 2.45) is 0 Å². The number of thioether (sulfide) groups is 1. The summed E-state index contributed by atoms with van der Waals surface area (Å²) in [6, 6.07) is 6.72. The number of fused-ring (bicyclic) bond motifs is 1. The number of amides is 1. The van der Waals surface area contributed by atoms with Gasteiger partial charge in [-0.3, -0.25) is 9.59 Å². The van der Waals surface area contributed by atoms with Gasteiger partial charge in [-0.1, -0.05) is 25.1 Å². The maximum Gasteiger partial charge on any atom is 0.251 e. The molecule has 3 rings (SSSR count). The number of carbonyl (C=O) groups excluding carboxylic acids is 1. The van der Waals surface area contributed by atoms with E-state index >= 15 is 0 Å². The Morgan fingerprint density at radius 1 is 1.36 bits per heavy atom. The third-order valence-electron chi connectivity index (χ3n) is 3.58. The van der Waals surface area contributed by atoms with Crippen molar-refractivity contribution in [2.75, 3.05) is 12.1 Å². The second-order valence-electron chi connectivity index (χ2n) is 5.61. The lowest BCUT2D eigenvalue weighted by Gasteiger charge is -2.12. The second-order valence-corrected chi connectivity index (χ2v) is 6.94. The summed E-state index contributed by atoms with van der Waals surface area (Å²) in [5.41, 5.74) is 1.16. The van der Waals surface area contributed by atoms with Crippen molar-refractivity contribution in [1.29, 1.82) is 0 Å². The summed E-state index contributed by atoms with van der Waals surface area (Å²) in [6.45, 7) is 3.97. The number of rotatable bonds is 6. The predicted molar refractivity (Wildman–Crippen MR) is 95.4 cm³/mol. The number of carbonyl (C=O) groups is 1. The Bertz CT molecular complexity index is 837. The first-order chi connectivity index (χ1) is 12.0. The molecule has 1 aromatic carbocycles. The van der Waals surface area contributed by atoms with E-state index in [1.165, 1.54) is 17.8 Å². The van der Waals surface area contributed by atoms with Crippen molar-refractivity contribution >= 4 is 23.4 Å². The third kappa shape index (κ3) is 4.33. The van der Waals surface area contributed by atoms with E-state index in [0.29, 0.717) is 22.3 Å². The van der Waals surface area contributed by atoms with Crippen LogP contribution in [0.2, 0.25) is 0 Å². The molecule has 0 spiro atoms. The summed E-state index contributed by atoms with van der Waals surface area (Å²) in [5.74, 6) is 1.08. The molecule has 7 nitrogen and oxygen atoms in total. The van der Waals surface area contributed by atoms with E-state index in [4.69, 9.17) is 9.47 Å². The number of nitrogens with zero attached hydrogens (tertiary/aromatic N) is 1. The first-order valence-corrected chi connectivity index (χ1v) is 8.90. The number of aromatic nitrogens is 2. The van der Waals surface area contributed by atoms with E-state index in [1.54, 1.807) is 25.1 Å². The van der Waals surface area contributed by atoms with Gasteiger partial charge in [0.05, 0.1) is 5.25 Å². The van der Waals surface area contributed by atoms with Crippen molar-refractivity contribution in [3.8, 4) is 11.5 Å². The highest BCUT2D eigenvalue weighted by Gasteiger charge is 2.18. The van der Waals surface area contributed by atoms with Gasteiger partial charge in [-0.25, -0.2) is 4.98 Å². The van der Waals surface area contributed by atoms with E-state index in [9.17, 15) is 9.59 Å². The molecule has 1 aliphatic rings. The molecule has 0 radical (unpaired) electrons. The number of hydrogen-bond donors (Lipinski definition) is 2. The number of aryl methyl sites for hydroxylation is 1. The lowest BCUT2D eigenvalue weighted by Crippen LogP contribution is -2.23. The zero-order valence-corrected chi connectivity index (χ0v) is 14.8. The molecule has 1 aliphatic heterocycles. The zero-order valence-electron chi connectivity index (χ0n) is 14.0. The Morgan fingerprint density at radius 2 is 2.16 bits per heavy atom. The quantitative estimate of drug-likeness (QED) is 0.607. The lowest BCUT2D eigenvalue weighted by atomic mass is 10.2. The van der Waals surface area contributed by atoms with Gasteiger partial charge in [0.1, 0.15) is 0 Å². The molecular weight excluding hydrogens is 342 g/mol. The molecule has 0 unspecified atom stereocenters. The summed E-state index contributed by atoms with van der Waals surface area (Å²) in [6.07, 6.45) is 1.63. The summed E-state index contributed by atoms with van der Waals surface area (Å²) in [7, 11) is 0. The average Bonchev–Trinajstić information content (AvgIpc) is 3.02. The first-order valence-electron chi connectivity index (χ1n) is 8.02. The van der Waals surface area contributed by atoms with Gasteiger partial charge >= 0.3 is 0 Å². The largest absolute Gasteiger partial charge is 0.454 e. The minimum Gasteiger partial charge on any atom is -0.454 e. The van der Waals surface area contributed by atoms with Gasteiger partial charge < -0.3 is 19.8 Å². The molecule has 0 saturated heterocycles. The second kappa shape index (κ2) is 7.60. The van der Waals surface area contributed by atoms with Crippen LogP contribution in [-0.4, -0.2) is 27.9 Å². The third-order valence-corrected chi connectivity index (χ3v) is 4.56. The summed E-state index contributed by atoms with van der Waals surface area (Å²) >= 11 is 1.22. The average molecular weight is 361 g/mol. The van der Waals surface area contributed by atoms with Crippen LogP contribution < -0.4 is 20.3 Å². The van der Waals surface area contributed by atoms with E-state index < -0.39 is 5.25 Å². The number of ether oxygens (including phenoxy) is 2. The summed E-state index contributed by atoms with van der Waals surface area (Å²) in [5, 5.41) is 2.85. The fraction of sp³-hybridized carbons (Fsp3) is 0.353. The number of benzene rings is 1. The van der Waals surface area contributed by atoms with Crippen molar-refractivity contribution in [3.63, 3.8) is 0 Å². The monoisotopic (exact) mass is 361 g/mol. The SMILES string of the molecule is CCCc1cc(=O)[nH]c(S[C@H](C)C(=O)Nc2ccc3c(c2)OCO3)n1. The highest BCUT2D eigenvalue weighted by molar-refractivity contribution is 8.00. The minimum absolute atomic E-state index is 0.187. The maximum atomic E-state index is 12.4. The van der Waals surface area contributed by atoms with Gasteiger partial charge in [-0.15, -0.1) is 0 Å². The van der Waals surface area contributed by atoms with Crippen LogP contribution in [0, 0.1) is 0 Å². The van der Waals surface area contributed by atoms with Crippen LogP contribution in [0.25, 0.3) is 0 Å². The summed E-state index contributed by atoms with van der Waals surface area (Å²) in [4.78, 5) is 31.2. The standard InChI is InChI=1S/C17H19N3O4S/c1-3-4-11-8-15(21)20-17(19-11)25-10(2)16(22)18-12-5-6-13-14(7-12)24-9-23-13/h5-8,10H,3-4,9H2,1-2H3,(H,18,22)(H,19,20,21)/t10-/m1/s1. The fourth-order valence-corrected chi connectivity index (χ4v) is 3.19. The Kier molecular flexibility index (Phi) is 5.28. The van der Waals surface area contributed by atoms with E-state index in [2.05, 4.69) is 15.3 Å². The van der Waals surface area contributed by atoms with Crippen LogP contribution >= 0.6 is 11.8 Å². The highest BCUT2D eigenvalue weighted by Crippen LogP contribution is 2.34. The maximum absolute atomic E-state index is 12.4. The molecule has 0 saturated carbocycles. The molecule has 132 valence electrons. The van der Waals surface area contributed by atoms with Gasteiger partial charge in [0.15, 0.2) is 16.7 Å². The Balaban J connectivity index is 1.65. The first kappa shape index (κ1) is 17.3. The molecule has 1 atom stereocenters. The molecular formula is C17H19N3O4S. The molecule has 1 aromatic heterocycles. The smallest absolute Gasteiger partial charge is 0.251 e. The van der Waals surface area contributed by atoms with Crippen molar-refractivity contribution < 1.29 is 14.3 Å². The molecule has 0 aliphatic carbocycles. The van der Waals surface area contributed by atoms with Gasteiger partial charge in [-0.2, -0.15) is 0 Å². The highest BCUT2D eigenvalue weighted by atomic mass is 32.2. The molecule has 8 heteroatoms. The Labute approximate surface area is 149 Å². The predicted octanol–water partition coefficient (Wildman–Crippen LogP) is 2.57. The van der Waals surface area contributed by atoms with Crippen LogP contribution in [0.3, 0.4) is 0 Å². The van der Waals surface area contributed by atoms with Crippen molar-refractivity contribution in [3.05, 3.63) is 40.3 Å². The summed E-state index contributed by atoms with van der Waals surface area (Å²) < 4.78 is 10.5. The molecule has 2 heterocycles. The number of nitrogens with one attached hydrogen (secondary N) is 2. The molecule has 2 aromatic rings. The number of anilines is 1. The normalized spacial score (nSPS) is 13.5. The zero-order chi connectivity index (χ0) is 17.8. The number of aromatic amines is 1. The van der Waals surface area contributed by atoms with Gasteiger partial charge in [0.25, 0.3) is 5.56 Å². The Morgan fingerprint density at radius 3 is 2.96 bits per heavy atom. The van der Waals surface area contributed by atoms with Gasteiger partial charge in [-0.05, 0) is 25.5 Å². The van der Waals surface area contributed by atoms with E-state index in [-0.39, 0.29) is 18.3 Å². The molecule has 2 N–H and O–H groups in total.